The van der Waals surface area contributed by atoms with E-state index in [1.54, 1.807) is 0 Å². The zero-order valence-corrected chi connectivity index (χ0v) is 32.1. The lowest BCUT2D eigenvalue weighted by Gasteiger charge is -2.35. The Morgan fingerprint density at radius 2 is 0.857 bits per heavy atom. The van der Waals surface area contributed by atoms with Gasteiger partial charge in [-0.3, -0.25) is 14.0 Å². The molecule has 0 aliphatic heterocycles. The van der Waals surface area contributed by atoms with Gasteiger partial charge in [-0.1, -0.05) is 156 Å². The van der Waals surface area contributed by atoms with Crippen LogP contribution in [0.15, 0.2) is 0 Å². The number of rotatable bonds is 37. The Kier molecular flexibility index (Phi) is 31.1. The van der Waals surface area contributed by atoms with E-state index in [0.29, 0.717) is 12.8 Å². The van der Waals surface area contributed by atoms with Crippen molar-refractivity contribution in [1.29, 1.82) is 0 Å². The lowest BCUT2D eigenvalue weighted by molar-refractivity contribution is -0.180. The Morgan fingerprint density at radius 3 is 1.24 bits per heavy atom. The molecule has 0 fully saturated rings. The predicted octanol–water partition coefficient (Wildman–Crippen LogP) is 11.7. The monoisotopic (exact) mass is 701 g/mol. The molecule has 0 radical (unpaired) electrons. The summed E-state index contributed by atoms with van der Waals surface area (Å²) >= 11 is 0. The molecule has 1 unspecified atom stereocenters. The number of unbranched alkanes of at least 4 members (excludes halogenated alkanes) is 22. The highest BCUT2D eigenvalue weighted by molar-refractivity contribution is 5.89. The molecule has 0 aliphatic rings. The van der Waals surface area contributed by atoms with Crippen LogP contribution < -0.4 is 0 Å². The number of alkyl halides is 1. The lowest BCUT2D eigenvalue weighted by Crippen LogP contribution is -2.45. The summed E-state index contributed by atoms with van der Waals surface area (Å²) in [6.45, 7) is 6.38. The van der Waals surface area contributed by atoms with E-state index in [-0.39, 0.29) is 13.3 Å². The molecule has 0 amide bonds. The first-order valence-corrected chi connectivity index (χ1v) is 20.6. The van der Waals surface area contributed by atoms with Gasteiger partial charge in [-0.15, -0.1) is 0 Å². The highest BCUT2D eigenvalue weighted by Gasteiger charge is 2.44. The zero-order chi connectivity index (χ0) is 36.5. The summed E-state index contributed by atoms with van der Waals surface area (Å²) in [4.78, 5) is 38.2. The molecule has 0 saturated carbocycles. The van der Waals surface area contributed by atoms with Crippen molar-refractivity contribution in [2.75, 3.05) is 13.3 Å². The SMILES string of the molecule is CCCCCCCCCCCC(CCCCCCCC)(CCCCCCCC)OC(=O)CC(O)(CC(=O)OCCCCCCCF)C(=O)O. The number of aliphatic hydroxyl groups is 1. The van der Waals surface area contributed by atoms with Gasteiger partial charge in [-0.05, 0) is 51.4 Å². The van der Waals surface area contributed by atoms with Crippen molar-refractivity contribution in [2.24, 2.45) is 0 Å². The van der Waals surface area contributed by atoms with Crippen LogP contribution in [0.25, 0.3) is 0 Å². The number of carbonyl (C=O) groups excluding carboxylic acids is 2. The Balaban J connectivity index is 5.53. The predicted molar refractivity (Wildman–Crippen MR) is 198 cm³/mol. The molecular formula is C41H77FO7. The summed E-state index contributed by atoms with van der Waals surface area (Å²) in [5.74, 6) is -3.26. The third-order valence-electron chi connectivity index (χ3n) is 9.85. The van der Waals surface area contributed by atoms with E-state index in [1.807, 2.05) is 0 Å². The molecular weight excluding hydrogens is 623 g/mol. The second kappa shape index (κ2) is 32.2. The summed E-state index contributed by atoms with van der Waals surface area (Å²) in [5, 5.41) is 20.9. The van der Waals surface area contributed by atoms with Gasteiger partial charge in [0.1, 0.15) is 5.60 Å². The summed E-state index contributed by atoms with van der Waals surface area (Å²) in [7, 11) is 0. The van der Waals surface area contributed by atoms with Crippen molar-refractivity contribution in [3.05, 3.63) is 0 Å². The number of esters is 2. The van der Waals surface area contributed by atoms with Crippen molar-refractivity contribution in [3.8, 4) is 0 Å². The van der Waals surface area contributed by atoms with Crippen LogP contribution in [0.4, 0.5) is 4.39 Å². The maximum atomic E-state index is 13.5. The van der Waals surface area contributed by atoms with E-state index >= 15 is 0 Å². The number of halogens is 1. The van der Waals surface area contributed by atoms with Crippen LogP contribution in [-0.4, -0.2) is 52.6 Å². The van der Waals surface area contributed by atoms with Gasteiger partial charge in [0, 0.05) is 0 Å². The van der Waals surface area contributed by atoms with Gasteiger partial charge >= 0.3 is 17.9 Å². The Morgan fingerprint density at radius 1 is 0.510 bits per heavy atom. The van der Waals surface area contributed by atoms with Crippen LogP contribution in [0.2, 0.25) is 0 Å². The maximum absolute atomic E-state index is 13.5. The van der Waals surface area contributed by atoms with Gasteiger partial charge in [-0.2, -0.15) is 0 Å². The fraction of sp³-hybridized carbons (Fsp3) is 0.927. The molecule has 2 N–H and O–H groups in total. The Bertz CT molecular complexity index is 789. The zero-order valence-electron chi connectivity index (χ0n) is 32.1. The summed E-state index contributed by atoms with van der Waals surface area (Å²) in [6, 6.07) is 0. The first-order chi connectivity index (χ1) is 23.7. The van der Waals surface area contributed by atoms with E-state index in [1.165, 1.54) is 77.0 Å². The smallest absolute Gasteiger partial charge is 0.336 e. The third-order valence-corrected chi connectivity index (χ3v) is 9.85. The second-order valence-electron chi connectivity index (χ2n) is 14.6. The van der Waals surface area contributed by atoms with Crippen molar-refractivity contribution in [3.63, 3.8) is 0 Å². The molecule has 0 aromatic heterocycles. The molecule has 290 valence electrons. The van der Waals surface area contributed by atoms with E-state index in [9.17, 15) is 29.0 Å². The number of aliphatic carboxylic acids is 1. The van der Waals surface area contributed by atoms with Gasteiger partial charge in [0.15, 0.2) is 5.60 Å². The topological polar surface area (TPSA) is 110 Å². The van der Waals surface area contributed by atoms with E-state index < -0.39 is 42.0 Å². The van der Waals surface area contributed by atoms with Crippen molar-refractivity contribution >= 4 is 17.9 Å². The Hall–Kier alpha value is -1.70. The molecule has 0 bridgehead atoms. The molecule has 1 atom stereocenters. The fourth-order valence-corrected chi connectivity index (χ4v) is 6.67. The van der Waals surface area contributed by atoms with Crippen LogP contribution in [0.1, 0.15) is 220 Å². The van der Waals surface area contributed by atoms with E-state index in [4.69, 9.17) is 9.47 Å². The van der Waals surface area contributed by atoms with Crippen molar-refractivity contribution < 1.29 is 38.5 Å². The van der Waals surface area contributed by atoms with Crippen LogP contribution in [0.5, 0.6) is 0 Å². The van der Waals surface area contributed by atoms with E-state index in [0.717, 1.165) is 96.3 Å². The standard InChI is InChI=1S/C41H77FO7/c1-4-7-10-13-16-17-18-22-27-32-40(30-25-20-14-11-8-5-2,31-26-21-15-12-9-6-3)49-38(44)36-41(47,39(45)46)35-37(43)48-34-29-24-19-23-28-33-42/h47H,4-36H2,1-3H3,(H,45,46). The molecule has 8 heteroatoms. The molecule has 0 spiro atoms. The van der Waals surface area contributed by atoms with Crippen LogP contribution in [0.3, 0.4) is 0 Å². The van der Waals surface area contributed by atoms with Crippen molar-refractivity contribution in [2.45, 2.75) is 231 Å². The molecule has 0 aromatic rings. The molecule has 0 rings (SSSR count). The summed E-state index contributed by atoms with van der Waals surface area (Å²) < 4.78 is 23.7. The minimum Gasteiger partial charge on any atom is -0.479 e. The number of carboxylic acids is 1. The number of hydrogen-bond acceptors (Lipinski definition) is 6. The van der Waals surface area contributed by atoms with Gasteiger partial charge in [-0.25, -0.2) is 4.79 Å². The first-order valence-electron chi connectivity index (χ1n) is 20.6. The maximum Gasteiger partial charge on any atom is 0.336 e. The molecule has 0 aromatic carbocycles. The summed E-state index contributed by atoms with van der Waals surface area (Å²) in [5.41, 5.74) is -3.30. The quantitative estimate of drug-likeness (QED) is 0.0490. The van der Waals surface area contributed by atoms with Crippen LogP contribution in [-0.2, 0) is 23.9 Å². The average Bonchev–Trinajstić information content (AvgIpc) is 3.06. The molecule has 0 heterocycles. The van der Waals surface area contributed by atoms with Gasteiger partial charge < -0.3 is 19.7 Å². The average molecular weight is 701 g/mol. The number of carbonyl (C=O) groups is 3. The lowest BCUT2D eigenvalue weighted by atomic mass is 9.84. The normalized spacial score (nSPS) is 12.9. The van der Waals surface area contributed by atoms with Crippen LogP contribution >= 0.6 is 0 Å². The second-order valence-corrected chi connectivity index (χ2v) is 14.6. The van der Waals surface area contributed by atoms with E-state index in [2.05, 4.69) is 20.8 Å². The Labute approximate surface area is 300 Å². The van der Waals surface area contributed by atoms with Crippen LogP contribution in [0, 0.1) is 0 Å². The van der Waals surface area contributed by atoms with Gasteiger partial charge in [0.2, 0.25) is 0 Å². The van der Waals surface area contributed by atoms with Crippen molar-refractivity contribution in [1.82, 2.24) is 0 Å². The summed E-state index contributed by atoms with van der Waals surface area (Å²) in [6.07, 6.45) is 28.3. The molecule has 0 saturated heterocycles. The number of carboxylic acid groups (broad SMARTS) is 1. The molecule has 7 nitrogen and oxygen atoms in total. The minimum absolute atomic E-state index is 0.0902. The number of hydrogen-bond donors (Lipinski definition) is 2. The van der Waals surface area contributed by atoms with Gasteiger partial charge in [0.05, 0.1) is 26.1 Å². The minimum atomic E-state index is -2.60. The highest BCUT2D eigenvalue weighted by atomic mass is 19.1. The third kappa shape index (κ3) is 26.7. The molecule has 49 heavy (non-hydrogen) atoms. The largest absolute Gasteiger partial charge is 0.479 e. The first kappa shape index (κ1) is 47.3. The number of ether oxygens (including phenoxy) is 2. The molecule has 0 aliphatic carbocycles. The highest BCUT2D eigenvalue weighted by Crippen LogP contribution is 2.34. The fourth-order valence-electron chi connectivity index (χ4n) is 6.67. The van der Waals surface area contributed by atoms with Gasteiger partial charge in [0.25, 0.3) is 0 Å².